The predicted octanol–water partition coefficient (Wildman–Crippen LogP) is 3.05. The average molecular weight is 343 g/mol. The van der Waals surface area contributed by atoms with Crippen molar-refractivity contribution in [2.75, 3.05) is 26.2 Å². The van der Waals surface area contributed by atoms with E-state index < -0.39 is 0 Å². The first-order valence-corrected chi connectivity index (χ1v) is 7.81. The summed E-state index contributed by atoms with van der Waals surface area (Å²) >= 11 is 3.21. The molecule has 1 aromatic rings. The predicted molar refractivity (Wildman–Crippen MR) is 81.3 cm³/mol. The Morgan fingerprint density at radius 1 is 1.55 bits per heavy atom. The molecule has 1 aliphatic rings. The van der Waals surface area contributed by atoms with Gasteiger partial charge in [-0.25, -0.2) is 4.39 Å². The molecule has 1 aliphatic heterocycles. The first-order valence-electron chi connectivity index (χ1n) is 7.02. The van der Waals surface area contributed by atoms with Crippen LogP contribution in [-0.4, -0.2) is 37.0 Å². The summed E-state index contributed by atoms with van der Waals surface area (Å²) < 4.78 is 13.5. The molecule has 20 heavy (non-hydrogen) atoms. The second-order valence-corrected chi connectivity index (χ2v) is 6.28. The molecule has 0 radical (unpaired) electrons. The fraction of sp³-hybridized carbons (Fsp3) is 0.533. The number of benzene rings is 1. The zero-order chi connectivity index (χ0) is 14.5. The molecule has 0 aliphatic carbocycles. The highest BCUT2D eigenvalue weighted by Gasteiger charge is 2.16. The third kappa shape index (κ3) is 4.28. The molecular weight excluding hydrogens is 323 g/mol. The van der Waals surface area contributed by atoms with E-state index in [9.17, 15) is 9.18 Å². The van der Waals surface area contributed by atoms with E-state index in [0.717, 1.165) is 25.6 Å². The summed E-state index contributed by atoms with van der Waals surface area (Å²) in [6.45, 7) is 5.97. The summed E-state index contributed by atoms with van der Waals surface area (Å²) in [6, 6.07) is 4.10. The molecule has 1 amide bonds. The van der Waals surface area contributed by atoms with Gasteiger partial charge in [0.15, 0.2) is 0 Å². The maximum absolute atomic E-state index is 13.0. The highest BCUT2D eigenvalue weighted by atomic mass is 79.9. The van der Waals surface area contributed by atoms with E-state index in [1.165, 1.54) is 31.0 Å². The lowest BCUT2D eigenvalue weighted by atomic mass is 10.0. The van der Waals surface area contributed by atoms with Crippen LogP contribution in [-0.2, 0) is 0 Å². The number of nitrogens with zero attached hydrogens (tertiary/aromatic N) is 1. The fourth-order valence-corrected chi connectivity index (χ4v) is 3.12. The highest BCUT2D eigenvalue weighted by molar-refractivity contribution is 9.10. The second-order valence-electron chi connectivity index (χ2n) is 5.43. The molecule has 0 saturated carbocycles. The first-order chi connectivity index (χ1) is 9.56. The Kier molecular flexibility index (Phi) is 5.54. The molecule has 1 fully saturated rings. The number of rotatable bonds is 4. The van der Waals surface area contributed by atoms with Gasteiger partial charge in [-0.1, -0.05) is 6.92 Å². The molecule has 110 valence electrons. The smallest absolute Gasteiger partial charge is 0.252 e. The zero-order valence-corrected chi connectivity index (χ0v) is 13.2. The Hall–Kier alpha value is -0.940. The van der Waals surface area contributed by atoms with Crippen LogP contribution in [0.15, 0.2) is 22.7 Å². The van der Waals surface area contributed by atoms with E-state index in [1.807, 2.05) is 0 Å². The van der Waals surface area contributed by atoms with Crippen molar-refractivity contribution in [2.45, 2.75) is 19.8 Å². The molecule has 2 rings (SSSR count). The van der Waals surface area contributed by atoms with E-state index in [0.29, 0.717) is 16.6 Å². The quantitative estimate of drug-likeness (QED) is 0.911. The Balaban J connectivity index is 1.80. The zero-order valence-electron chi connectivity index (χ0n) is 11.7. The Morgan fingerprint density at radius 3 is 3.05 bits per heavy atom. The van der Waals surface area contributed by atoms with Crippen LogP contribution in [0.2, 0.25) is 0 Å². The molecule has 5 heteroatoms. The molecule has 3 nitrogen and oxygen atoms in total. The topological polar surface area (TPSA) is 32.3 Å². The van der Waals surface area contributed by atoms with E-state index in [4.69, 9.17) is 0 Å². The van der Waals surface area contributed by atoms with Gasteiger partial charge in [0.2, 0.25) is 0 Å². The third-order valence-corrected chi connectivity index (χ3v) is 4.29. The van der Waals surface area contributed by atoms with Crippen molar-refractivity contribution in [3.63, 3.8) is 0 Å². The van der Waals surface area contributed by atoms with Crippen molar-refractivity contribution in [1.82, 2.24) is 10.2 Å². The lowest BCUT2D eigenvalue weighted by molar-refractivity contribution is 0.0943. The maximum atomic E-state index is 13.0. The van der Waals surface area contributed by atoms with E-state index in [-0.39, 0.29) is 11.7 Å². The minimum absolute atomic E-state index is 0.165. The maximum Gasteiger partial charge on any atom is 0.252 e. The molecule has 1 saturated heterocycles. The van der Waals surface area contributed by atoms with Gasteiger partial charge in [-0.15, -0.1) is 0 Å². The Bertz CT molecular complexity index is 481. The van der Waals surface area contributed by atoms with Crippen molar-refractivity contribution >= 4 is 21.8 Å². The summed E-state index contributed by atoms with van der Waals surface area (Å²) in [5.74, 6) is 0.225. The molecular formula is C15H20BrFN2O. The van der Waals surface area contributed by atoms with E-state index in [2.05, 4.69) is 33.1 Å². The standard InChI is InChI=1S/C15H20BrFN2O/c1-11-3-2-7-19(10-11)8-6-18-15(20)13-5-4-12(17)9-14(13)16/h4-5,9,11H,2-3,6-8,10H2,1H3,(H,18,20)/t11-/m1/s1. The van der Waals surface area contributed by atoms with Gasteiger partial charge >= 0.3 is 0 Å². The largest absolute Gasteiger partial charge is 0.351 e. The lowest BCUT2D eigenvalue weighted by Crippen LogP contribution is -2.40. The van der Waals surface area contributed by atoms with Gasteiger partial charge in [-0.3, -0.25) is 4.79 Å². The van der Waals surface area contributed by atoms with Gasteiger partial charge in [-0.05, 0) is 59.4 Å². The van der Waals surface area contributed by atoms with Gasteiger partial charge in [0, 0.05) is 24.1 Å². The molecule has 1 heterocycles. The van der Waals surface area contributed by atoms with Crippen molar-refractivity contribution < 1.29 is 9.18 Å². The fourth-order valence-electron chi connectivity index (χ4n) is 2.59. The molecule has 1 N–H and O–H groups in total. The van der Waals surface area contributed by atoms with Crippen LogP contribution >= 0.6 is 15.9 Å². The molecule has 1 atom stereocenters. The number of nitrogens with one attached hydrogen (secondary N) is 1. The lowest BCUT2D eigenvalue weighted by Gasteiger charge is -2.30. The van der Waals surface area contributed by atoms with Crippen LogP contribution in [0.5, 0.6) is 0 Å². The summed E-state index contributed by atoms with van der Waals surface area (Å²) in [5.41, 5.74) is 0.471. The number of carbonyl (C=O) groups is 1. The molecule has 0 aromatic heterocycles. The normalized spacial score (nSPS) is 19.9. The van der Waals surface area contributed by atoms with Crippen LogP contribution in [0.25, 0.3) is 0 Å². The Labute approximate surface area is 127 Å². The first kappa shape index (κ1) is 15.4. The van der Waals surface area contributed by atoms with Gasteiger partial charge < -0.3 is 10.2 Å². The van der Waals surface area contributed by atoms with Crippen LogP contribution in [0.4, 0.5) is 4.39 Å². The number of carbonyl (C=O) groups excluding carboxylic acids is 1. The number of hydrogen-bond donors (Lipinski definition) is 1. The van der Waals surface area contributed by atoms with Crippen LogP contribution in [0.1, 0.15) is 30.1 Å². The van der Waals surface area contributed by atoms with E-state index >= 15 is 0 Å². The minimum atomic E-state index is -0.351. The SMILES string of the molecule is C[C@@H]1CCCN(CCNC(=O)c2ccc(F)cc2Br)C1. The molecule has 0 spiro atoms. The van der Waals surface area contributed by atoms with Gasteiger partial charge in [-0.2, -0.15) is 0 Å². The number of amides is 1. The van der Waals surface area contributed by atoms with Crippen LogP contribution in [0, 0.1) is 11.7 Å². The van der Waals surface area contributed by atoms with Crippen molar-refractivity contribution in [3.05, 3.63) is 34.1 Å². The summed E-state index contributed by atoms with van der Waals surface area (Å²) in [6.07, 6.45) is 2.53. The van der Waals surface area contributed by atoms with Crippen molar-refractivity contribution in [3.8, 4) is 0 Å². The summed E-state index contributed by atoms with van der Waals surface area (Å²) in [7, 11) is 0. The Morgan fingerprint density at radius 2 is 2.35 bits per heavy atom. The van der Waals surface area contributed by atoms with Gasteiger partial charge in [0.05, 0.1) is 5.56 Å². The number of piperidine rings is 1. The third-order valence-electron chi connectivity index (χ3n) is 3.63. The molecule has 1 aromatic carbocycles. The minimum Gasteiger partial charge on any atom is -0.351 e. The van der Waals surface area contributed by atoms with Gasteiger partial charge in [0.1, 0.15) is 5.82 Å². The van der Waals surface area contributed by atoms with Crippen LogP contribution < -0.4 is 5.32 Å². The van der Waals surface area contributed by atoms with Crippen molar-refractivity contribution in [2.24, 2.45) is 5.92 Å². The molecule has 0 bridgehead atoms. The van der Waals surface area contributed by atoms with Crippen molar-refractivity contribution in [1.29, 1.82) is 0 Å². The highest BCUT2D eigenvalue weighted by Crippen LogP contribution is 2.18. The average Bonchev–Trinajstić information content (AvgIpc) is 2.38. The number of halogens is 2. The number of likely N-dealkylation sites (tertiary alicyclic amines) is 1. The van der Waals surface area contributed by atoms with E-state index in [1.54, 1.807) is 0 Å². The van der Waals surface area contributed by atoms with Gasteiger partial charge in [0.25, 0.3) is 5.91 Å². The summed E-state index contributed by atoms with van der Waals surface area (Å²) in [4.78, 5) is 14.4. The number of hydrogen-bond acceptors (Lipinski definition) is 2. The molecule has 0 unspecified atom stereocenters. The van der Waals surface area contributed by atoms with Crippen LogP contribution in [0.3, 0.4) is 0 Å². The monoisotopic (exact) mass is 342 g/mol. The second kappa shape index (κ2) is 7.18. The summed E-state index contributed by atoms with van der Waals surface area (Å²) in [5, 5.41) is 2.89.